The largest absolute Gasteiger partial charge is 0.493 e. The minimum atomic E-state index is -0.501. The molecule has 5 heteroatoms. The fourth-order valence-electron chi connectivity index (χ4n) is 1.55. The number of hydrogen-bond acceptors (Lipinski definition) is 4. The van der Waals surface area contributed by atoms with Crippen molar-refractivity contribution >= 4 is 5.97 Å². The summed E-state index contributed by atoms with van der Waals surface area (Å²) in [5.74, 6) is -0.562. The molecule has 15 heavy (non-hydrogen) atoms. The van der Waals surface area contributed by atoms with E-state index in [1.807, 2.05) is 0 Å². The molecule has 1 aliphatic carbocycles. The predicted molar refractivity (Wildman–Crippen MR) is 52.9 cm³/mol. The van der Waals surface area contributed by atoms with E-state index in [1.165, 1.54) is 4.68 Å². The topological polar surface area (TPSA) is 64.3 Å². The monoisotopic (exact) mass is 210 g/mol. The Morgan fingerprint density at radius 1 is 1.67 bits per heavy atom. The molecule has 0 aliphatic heterocycles. The second-order valence-electron chi connectivity index (χ2n) is 3.68. The number of carbonyl (C=O) groups excluding carboxylic acids is 1. The zero-order valence-electron chi connectivity index (χ0n) is 8.86. The van der Waals surface area contributed by atoms with Crippen LogP contribution in [0.25, 0.3) is 0 Å². The molecule has 0 spiro atoms. The van der Waals surface area contributed by atoms with Crippen molar-refractivity contribution in [3.8, 4) is 5.88 Å². The van der Waals surface area contributed by atoms with Crippen molar-refractivity contribution in [1.82, 2.24) is 9.78 Å². The Bertz CT molecular complexity index is 394. The highest BCUT2D eigenvalue weighted by molar-refractivity contribution is 5.93. The molecule has 0 saturated heterocycles. The van der Waals surface area contributed by atoms with E-state index in [4.69, 9.17) is 4.74 Å². The molecule has 5 nitrogen and oxygen atoms in total. The molecule has 0 amide bonds. The van der Waals surface area contributed by atoms with Crippen molar-refractivity contribution in [3.63, 3.8) is 0 Å². The zero-order valence-corrected chi connectivity index (χ0v) is 8.86. The van der Waals surface area contributed by atoms with E-state index >= 15 is 0 Å². The van der Waals surface area contributed by atoms with Crippen molar-refractivity contribution < 1.29 is 14.6 Å². The quantitative estimate of drug-likeness (QED) is 0.766. The Balaban J connectivity index is 2.33. The van der Waals surface area contributed by atoms with Crippen LogP contribution in [0.1, 0.15) is 41.9 Å². The van der Waals surface area contributed by atoms with E-state index in [1.54, 1.807) is 13.8 Å². The third-order valence-electron chi connectivity index (χ3n) is 2.43. The number of ether oxygens (including phenoxy) is 1. The molecule has 1 saturated carbocycles. The van der Waals surface area contributed by atoms with Crippen LogP contribution >= 0.6 is 0 Å². The van der Waals surface area contributed by atoms with Crippen molar-refractivity contribution in [3.05, 3.63) is 11.3 Å². The van der Waals surface area contributed by atoms with Crippen LogP contribution in [0.2, 0.25) is 0 Å². The second kappa shape index (κ2) is 3.56. The van der Waals surface area contributed by atoms with E-state index in [0.29, 0.717) is 12.3 Å². The zero-order chi connectivity index (χ0) is 11.0. The number of carbonyl (C=O) groups is 1. The van der Waals surface area contributed by atoms with Crippen LogP contribution < -0.4 is 0 Å². The third-order valence-corrected chi connectivity index (χ3v) is 2.43. The number of aromatic nitrogens is 2. The number of nitrogens with zero attached hydrogens (tertiary/aromatic N) is 2. The molecular formula is C10H14N2O3. The molecule has 0 atom stereocenters. The van der Waals surface area contributed by atoms with Crippen LogP contribution in [0.5, 0.6) is 5.88 Å². The lowest BCUT2D eigenvalue weighted by Crippen LogP contribution is -2.05. The number of aromatic hydroxyl groups is 1. The van der Waals surface area contributed by atoms with Crippen molar-refractivity contribution in [2.45, 2.75) is 32.7 Å². The van der Waals surface area contributed by atoms with Gasteiger partial charge in [-0.05, 0) is 26.7 Å². The Hall–Kier alpha value is -1.52. The summed E-state index contributed by atoms with van der Waals surface area (Å²) >= 11 is 0. The molecule has 1 aromatic rings. The van der Waals surface area contributed by atoms with E-state index in [9.17, 15) is 9.90 Å². The molecule has 1 aliphatic rings. The highest BCUT2D eigenvalue weighted by atomic mass is 16.5. The van der Waals surface area contributed by atoms with Gasteiger partial charge in [-0.1, -0.05) is 0 Å². The smallest absolute Gasteiger partial charge is 0.345 e. The number of hydrogen-bond donors (Lipinski definition) is 1. The van der Waals surface area contributed by atoms with Gasteiger partial charge in [0.1, 0.15) is 5.56 Å². The maximum Gasteiger partial charge on any atom is 0.345 e. The van der Waals surface area contributed by atoms with E-state index in [2.05, 4.69) is 5.10 Å². The highest BCUT2D eigenvalue weighted by Crippen LogP contribution is 2.39. The minimum Gasteiger partial charge on any atom is -0.493 e. The molecule has 0 radical (unpaired) electrons. The van der Waals surface area contributed by atoms with E-state index in [0.717, 1.165) is 12.8 Å². The highest BCUT2D eigenvalue weighted by Gasteiger charge is 2.31. The van der Waals surface area contributed by atoms with Crippen LogP contribution in [0.4, 0.5) is 0 Å². The van der Waals surface area contributed by atoms with E-state index < -0.39 is 5.97 Å². The van der Waals surface area contributed by atoms with Gasteiger partial charge >= 0.3 is 5.97 Å². The average molecular weight is 210 g/mol. The summed E-state index contributed by atoms with van der Waals surface area (Å²) in [5, 5.41) is 14.0. The Morgan fingerprint density at radius 2 is 2.33 bits per heavy atom. The summed E-state index contributed by atoms with van der Waals surface area (Å²) < 4.78 is 6.37. The van der Waals surface area contributed by atoms with Gasteiger partial charge in [0.2, 0.25) is 5.88 Å². The van der Waals surface area contributed by atoms with Crippen LogP contribution in [-0.2, 0) is 4.74 Å². The second-order valence-corrected chi connectivity index (χ2v) is 3.68. The van der Waals surface area contributed by atoms with Gasteiger partial charge < -0.3 is 9.84 Å². The van der Waals surface area contributed by atoms with Gasteiger partial charge in [-0.15, -0.1) is 0 Å². The maximum absolute atomic E-state index is 11.5. The molecule has 82 valence electrons. The normalized spacial score (nSPS) is 15.3. The molecule has 0 unspecified atom stereocenters. The first-order valence-corrected chi connectivity index (χ1v) is 5.10. The van der Waals surface area contributed by atoms with E-state index in [-0.39, 0.29) is 17.5 Å². The molecule has 0 bridgehead atoms. The summed E-state index contributed by atoms with van der Waals surface area (Å²) in [5.41, 5.74) is 0.724. The Kier molecular flexibility index (Phi) is 2.38. The summed E-state index contributed by atoms with van der Waals surface area (Å²) in [6.07, 6.45) is 2.02. The molecule has 1 fully saturated rings. The standard InChI is InChI=1S/C10H14N2O3/c1-3-15-10(14)8-6(2)11-12(9(8)13)7-4-5-7/h7,13H,3-5H2,1-2H3. The summed E-state index contributed by atoms with van der Waals surface area (Å²) in [7, 11) is 0. The summed E-state index contributed by atoms with van der Waals surface area (Å²) in [6, 6.07) is 0.256. The molecule has 1 N–H and O–H groups in total. The molecule has 1 aromatic heterocycles. The van der Waals surface area contributed by atoms with Gasteiger partial charge in [0.15, 0.2) is 0 Å². The number of aryl methyl sites for hydroxylation is 1. The lowest BCUT2D eigenvalue weighted by Gasteiger charge is -2.01. The predicted octanol–water partition coefficient (Wildman–Crippen LogP) is 1.41. The van der Waals surface area contributed by atoms with Gasteiger partial charge in [0, 0.05) is 0 Å². The van der Waals surface area contributed by atoms with Gasteiger partial charge in [-0.25, -0.2) is 9.48 Å². The van der Waals surface area contributed by atoms with Gasteiger partial charge in [0.05, 0.1) is 18.3 Å². The first kappa shape index (κ1) is 10.0. The Labute approximate surface area is 87.7 Å². The number of esters is 1. The average Bonchev–Trinajstić information content (AvgIpc) is 2.94. The SMILES string of the molecule is CCOC(=O)c1c(C)nn(C2CC2)c1O. The molecular weight excluding hydrogens is 196 g/mol. The van der Waals surface area contributed by atoms with Gasteiger partial charge in [0.25, 0.3) is 0 Å². The minimum absolute atomic E-state index is 0.0616. The lowest BCUT2D eigenvalue weighted by atomic mass is 10.2. The molecule has 2 rings (SSSR count). The number of rotatable bonds is 3. The molecule has 1 heterocycles. The molecule has 0 aromatic carbocycles. The summed E-state index contributed by atoms with van der Waals surface area (Å²) in [4.78, 5) is 11.5. The van der Waals surface area contributed by atoms with Crippen molar-refractivity contribution in [2.24, 2.45) is 0 Å². The van der Waals surface area contributed by atoms with Gasteiger partial charge in [-0.3, -0.25) is 0 Å². The first-order chi connectivity index (χ1) is 7.15. The van der Waals surface area contributed by atoms with Gasteiger partial charge in [-0.2, -0.15) is 5.10 Å². The van der Waals surface area contributed by atoms with Crippen LogP contribution in [0.15, 0.2) is 0 Å². The lowest BCUT2D eigenvalue weighted by molar-refractivity contribution is 0.0522. The van der Waals surface area contributed by atoms with Crippen LogP contribution in [0.3, 0.4) is 0 Å². The van der Waals surface area contributed by atoms with Crippen LogP contribution in [0, 0.1) is 6.92 Å². The third kappa shape index (κ3) is 1.69. The summed E-state index contributed by atoms with van der Waals surface area (Å²) in [6.45, 7) is 3.73. The Morgan fingerprint density at radius 3 is 2.87 bits per heavy atom. The fraction of sp³-hybridized carbons (Fsp3) is 0.600. The van der Waals surface area contributed by atoms with Crippen LogP contribution in [-0.4, -0.2) is 27.5 Å². The van der Waals surface area contributed by atoms with Crippen molar-refractivity contribution in [1.29, 1.82) is 0 Å². The first-order valence-electron chi connectivity index (χ1n) is 5.10. The maximum atomic E-state index is 11.5. The van der Waals surface area contributed by atoms with Crippen molar-refractivity contribution in [2.75, 3.05) is 6.61 Å². The fourth-order valence-corrected chi connectivity index (χ4v) is 1.55.